The van der Waals surface area contributed by atoms with Crippen LogP contribution in [0.1, 0.15) is 149 Å². The summed E-state index contributed by atoms with van der Waals surface area (Å²) in [5.74, 6) is -1.14. The number of unbranched alkanes of at least 4 members (excludes halogenated alkanes) is 11. The first kappa shape index (κ1) is 57.5. The van der Waals surface area contributed by atoms with E-state index >= 15 is 0 Å². The van der Waals surface area contributed by atoms with Crippen LogP contribution in [0.15, 0.2) is 72.9 Å². The third-order valence-corrected chi connectivity index (χ3v) is 10.1. The number of esters is 2. The molecule has 0 aliphatic rings. The van der Waals surface area contributed by atoms with Crippen LogP contribution in [0.4, 0.5) is 0 Å². The first-order chi connectivity index (χ1) is 28.8. The molecule has 0 aromatic heterocycles. The molecular formula is C44H76O14P2. The molecule has 0 spiro atoms. The lowest BCUT2D eigenvalue weighted by Crippen LogP contribution is -2.30. The number of phosphoric ester groups is 2. The molecule has 346 valence electrons. The van der Waals surface area contributed by atoms with Crippen molar-refractivity contribution in [3.63, 3.8) is 0 Å². The maximum Gasteiger partial charge on any atom is 0.472 e. The van der Waals surface area contributed by atoms with Crippen molar-refractivity contribution in [1.29, 1.82) is 0 Å². The third-order valence-electron chi connectivity index (χ3n) is 8.67. The van der Waals surface area contributed by atoms with E-state index < -0.39 is 72.3 Å². The Labute approximate surface area is 359 Å². The monoisotopic (exact) mass is 890 g/mol. The van der Waals surface area contributed by atoms with Crippen LogP contribution in [0.25, 0.3) is 0 Å². The summed E-state index contributed by atoms with van der Waals surface area (Å²) in [4.78, 5) is 52.7. The number of carbonyl (C=O) groups excluding carboxylic acids is 2. The number of phosphoric acid groups is 2. The average molecular weight is 891 g/mol. The van der Waals surface area contributed by atoms with Gasteiger partial charge in [-0.25, -0.2) is 9.13 Å². The van der Waals surface area contributed by atoms with Gasteiger partial charge in [-0.2, -0.15) is 0 Å². The Morgan fingerprint density at radius 3 is 1.75 bits per heavy atom. The van der Waals surface area contributed by atoms with E-state index in [4.69, 9.17) is 23.8 Å². The molecule has 0 amide bonds. The van der Waals surface area contributed by atoms with Crippen molar-refractivity contribution in [2.75, 3.05) is 26.4 Å². The zero-order valence-corrected chi connectivity index (χ0v) is 37.9. The molecule has 0 aliphatic carbocycles. The van der Waals surface area contributed by atoms with Gasteiger partial charge in [-0.1, -0.05) is 138 Å². The standard InChI is InChI=1S/C44H76O14P2/c1-3-5-7-9-11-12-13-14-15-16-17-18-19-20-22-26-31-35-44(48)58-42(39-57-60(52,53)56-37-41(46)36-55-59(49,50)51)38-54-43(47)34-30-27-23-25-29-33-40(45)32-28-24-21-10-8-6-4-2/h6,8,11-12,14-15,17-18,21,24,28,32,40-42,45-46H,3-5,7,9-10,13,16,19-20,22-23,25-27,29-31,33-39H2,1-2H3,(H,52,53)(H2,49,50,51)/b8-6+,12-11-,15-14-,18-17-,24-21+,32-28+/t40?,41-,42+/m0/s1. The molecule has 0 heterocycles. The van der Waals surface area contributed by atoms with E-state index in [1.807, 2.05) is 18.2 Å². The third kappa shape index (κ3) is 42.2. The number of hydrogen-bond acceptors (Lipinski definition) is 11. The van der Waals surface area contributed by atoms with Gasteiger partial charge in [-0.05, 0) is 70.6 Å². The van der Waals surface area contributed by atoms with Gasteiger partial charge in [0, 0.05) is 12.8 Å². The van der Waals surface area contributed by atoms with Gasteiger partial charge >= 0.3 is 27.6 Å². The minimum absolute atomic E-state index is 0.0818. The molecular weight excluding hydrogens is 814 g/mol. The number of rotatable bonds is 40. The van der Waals surface area contributed by atoms with Crippen LogP contribution < -0.4 is 0 Å². The molecule has 16 heteroatoms. The van der Waals surface area contributed by atoms with Gasteiger partial charge in [-0.3, -0.25) is 23.2 Å². The van der Waals surface area contributed by atoms with E-state index in [2.05, 4.69) is 71.5 Å². The predicted octanol–water partition coefficient (Wildman–Crippen LogP) is 9.98. The van der Waals surface area contributed by atoms with Gasteiger partial charge in [0.2, 0.25) is 0 Å². The van der Waals surface area contributed by atoms with Crippen LogP contribution in [0.3, 0.4) is 0 Å². The normalized spacial score (nSPS) is 15.2. The second-order valence-corrected chi connectivity index (χ2v) is 17.1. The number of aliphatic hydroxyl groups is 2. The molecule has 60 heavy (non-hydrogen) atoms. The molecule has 0 rings (SSSR count). The van der Waals surface area contributed by atoms with Gasteiger partial charge in [0.25, 0.3) is 0 Å². The summed E-state index contributed by atoms with van der Waals surface area (Å²) in [7, 11) is -9.72. The lowest BCUT2D eigenvalue weighted by molar-refractivity contribution is -0.161. The SMILES string of the molecule is CC/C=C/C/C=C/C=C/C(O)CCCCCCCC(=O)OC[C@H](COP(=O)(O)OC[C@@H](O)COP(=O)(O)O)OC(=O)CCCCCC/C=C\C/C=C\C/C=C\CCCCC. The van der Waals surface area contributed by atoms with E-state index in [-0.39, 0.29) is 12.8 Å². The van der Waals surface area contributed by atoms with Crippen molar-refractivity contribution in [1.82, 2.24) is 0 Å². The van der Waals surface area contributed by atoms with Crippen molar-refractivity contribution in [3.05, 3.63) is 72.9 Å². The van der Waals surface area contributed by atoms with E-state index in [1.54, 1.807) is 6.08 Å². The van der Waals surface area contributed by atoms with Crippen molar-refractivity contribution in [2.24, 2.45) is 0 Å². The molecule has 0 aromatic carbocycles. The summed E-state index contributed by atoms with van der Waals surface area (Å²) in [6.07, 6.45) is 39.1. The Kier molecular flexibility index (Phi) is 37.7. The highest BCUT2D eigenvalue weighted by Crippen LogP contribution is 2.43. The molecule has 0 aromatic rings. The van der Waals surface area contributed by atoms with Crippen LogP contribution in [0.2, 0.25) is 0 Å². The van der Waals surface area contributed by atoms with Crippen molar-refractivity contribution >= 4 is 27.6 Å². The summed E-state index contributed by atoms with van der Waals surface area (Å²) in [6.45, 7) is 1.45. The molecule has 0 aliphatic heterocycles. The topological polar surface area (TPSA) is 216 Å². The number of allylic oxidation sites excluding steroid dienone is 11. The van der Waals surface area contributed by atoms with Crippen LogP contribution in [-0.2, 0) is 41.8 Å². The van der Waals surface area contributed by atoms with Gasteiger partial charge in [0.1, 0.15) is 12.7 Å². The van der Waals surface area contributed by atoms with E-state index in [0.717, 1.165) is 83.5 Å². The Morgan fingerprint density at radius 1 is 0.567 bits per heavy atom. The number of hydrogen-bond donors (Lipinski definition) is 5. The highest BCUT2D eigenvalue weighted by molar-refractivity contribution is 7.47. The summed E-state index contributed by atoms with van der Waals surface area (Å²) in [5.41, 5.74) is 0. The van der Waals surface area contributed by atoms with E-state index in [9.17, 15) is 33.8 Å². The van der Waals surface area contributed by atoms with Crippen LogP contribution >= 0.6 is 15.6 Å². The Bertz CT molecular complexity index is 1350. The fourth-order valence-electron chi connectivity index (χ4n) is 5.36. The minimum Gasteiger partial charge on any atom is -0.462 e. The maximum atomic E-state index is 12.7. The first-order valence-electron chi connectivity index (χ1n) is 21.7. The Morgan fingerprint density at radius 2 is 1.10 bits per heavy atom. The molecule has 0 bridgehead atoms. The quantitative estimate of drug-likeness (QED) is 0.0127. The lowest BCUT2D eigenvalue weighted by atomic mass is 10.1. The summed E-state index contributed by atoms with van der Waals surface area (Å²) in [6, 6.07) is 0. The molecule has 4 atom stereocenters. The smallest absolute Gasteiger partial charge is 0.462 e. The summed E-state index contributed by atoms with van der Waals surface area (Å²) in [5, 5.41) is 19.9. The predicted molar refractivity (Wildman–Crippen MR) is 236 cm³/mol. The van der Waals surface area contributed by atoms with Crippen LogP contribution in [0.5, 0.6) is 0 Å². The molecule has 2 unspecified atom stereocenters. The molecule has 0 fully saturated rings. The molecule has 5 N–H and O–H groups in total. The second kappa shape index (κ2) is 39.4. The number of carbonyl (C=O) groups is 2. The summed E-state index contributed by atoms with van der Waals surface area (Å²) < 4.78 is 47.7. The fourth-order valence-corrected chi connectivity index (χ4v) is 6.52. The van der Waals surface area contributed by atoms with Crippen LogP contribution in [0, 0.1) is 0 Å². The highest BCUT2D eigenvalue weighted by atomic mass is 31.2. The molecule has 0 saturated heterocycles. The van der Waals surface area contributed by atoms with E-state index in [0.29, 0.717) is 19.3 Å². The van der Waals surface area contributed by atoms with Crippen molar-refractivity contribution in [2.45, 2.75) is 167 Å². The average Bonchev–Trinajstić information content (AvgIpc) is 3.20. The molecule has 0 radical (unpaired) electrons. The van der Waals surface area contributed by atoms with Gasteiger partial charge < -0.3 is 34.4 Å². The lowest BCUT2D eigenvalue weighted by Gasteiger charge is -2.20. The number of aliphatic hydroxyl groups excluding tert-OH is 2. The Hall–Kier alpha value is -2.48. The zero-order valence-electron chi connectivity index (χ0n) is 36.1. The largest absolute Gasteiger partial charge is 0.472 e. The van der Waals surface area contributed by atoms with Crippen molar-refractivity contribution in [3.8, 4) is 0 Å². The van der Waals surface area contributed by atoms with Crippen molar-refractivity contribution < 1.29 is 66.7 Å². The van der Waals surface area contributed by atoms with Crippen LogP contribution in [-0.4, -0.2) is 81.6 Å². The molecule has 14 nitrogen and oxygen atoms in total. The first-order valence-corrected chi connectivity index (χ1v) is 24.8. The maximum absolute atomic E-state index is 12.7. The number of ether oxygens (including phenoxy) is 2. The fraction of sp³-hybridized carbons (Fsp3) is 0.682. The van der Waals surface area contributed by atoms with Gasteiger partial charge in [0.05, 0.1) is 25.9 Å². The van der Waals surface area contributed by atoms with E-state index in [1.165, 1.54) is 19.3 Å². The Balaban J connectivity index is 4.66. The highest BCUT2D eigenvalue weighted by Gasteiger charge is 2.28. The summed E-state index contributed by atoms with van der Waals surface area (Å²) >= 11 is 0. The van der Waals surface area contributed by atoms with Gasteiger partial charge in [-0.15, -0.1) is 0 Å². The second-order valence-electron chi connectivity index (χ2n) is 14.4. The van der Waals surface area contributed by atoms with Gasteiger partial charge in [0.15, 0.2) is 6.10 Å². The zero-order chi connectivity index (χ0) is 44.6. The molecule has 0 saturated carbocycles. The minimum atomic E-state index is -4.88.